The van der Waals surface area contributed by atoms with Gasteiger partial charge in [-0.05, 0) is 6.42 Å². The second-order valence-electron chi connectivity index (χ2n) is 4.37. The highest BCUT2D eigenvalue weighted by Gasteiger charge is 2.44. The summed E-state index contributed by atoms with van der Waals surface area (Å²) in [6.07, 6.45) is -1.17. The Morgan fingerprint density at radius 2 is 2.06 bits per heavy atom. The first-order valence-electron chi connectivity index (χ1n) is 5.66. The van der Waals surface area contributed by atoms with Gasteiger partial charge < -0.3 is 25.0 Å². The number of methoxy groups -OCH3 is 2. The fraction of sp³-hybridized carbons (Fsp3) is 0.909. The van der Waals surface area contributed by atoms with Crippen LogP contribution >= 0.6 is 0 Å². The number of aliphatic hydroxyl groups excluding tert-OH is 2. The summed E-state index contributed by atoms with van der Waals surface area (Å²) >= 11 is 0. The van der Waals surface area contributed by atoms with Crippen molar-refractivity contribution in [2.24, 2.45) is 5.92 Å². The number of carbonyl (C=O) groups is 1. The van der Waals surface area contributed by atoms with Crippen LogP contribution in [0.5, 0.6) is 0 Å². The van der Waals surface area contributed by atoms with Crippen LogP contribution in [0.15, 0.2) is 0 Å². The molecule has 0 aromatic heterocycles. The summed E-state index contributed by atoms with van der Waals surface area (Å²) in [4.78, 5) is 11.1. The molecule has 1 fully saturated rings. The van der Waals surface area contributed by atoms with Gasteiger partial charge in [0.1, 0.15) is 6.10 Å². The maximum atomic E-state index is 11.1. The molecule has 0 aliphatic heterocycles. The van der Waals surface area contributed by atoms with Crippen molar-refractivity contribution in [3.63, 3.8) is 0 Å². The first-order valence-corrected chi connectivity index (χ1v) is 5.66. The molecule has 1 aliphatic rings. The monoisotopic (exact) mass is 247 g/mol. The molecule has 0 spiro atoms. The molecular weight excluding hydrogens is 226 g/mol. The molecule has 1 aliphatic carbocycles. The van der Waals surface area contributed by atoms with E-state index in [1.807, 2.05) is 0 Å². The summed E-state index contributed by atoms with van der Waals surface area (Å²) in [5.41, 5.74) is 0. The smallest absolute Gasteiger partial charge is 0.217 e. The molecule has 0 radical (unpaired) electrons. The molecule has 3 N–H and O–H groups in total. The minimum Gasteiger partial charge on any atom is -0.396 e. The molecule has 2 unspecified atom stereocenters. The first-order chi connectivity index (χ1) is 8.04. The van der Waals surface area contributed by atoms with E-state index in [0.29, 0.717) is 6.42 Å². The Hall–Kier alpha value is -0.690. The van der Waals surface area contributed by atoms with Crippen LogP contribution < -0.4 is 5.32 Å². The number of hydrogen-bond acceptors (Lipinski definition) is 5. The summed E-state index contributed by atoms with van der Waals surface area (Å²) in [5.74, 6) is -0.418. The highest BCUT2D eigenvalue weighted by molar-refractivity contribution is 5.73. The lowest BCUT2D eigenvalue weighted by atomic mass is 9.79. The average molecular weight is 247 g/mol. The molecule has 0 saturated heterocycles. The van der Waals surface area contributed by atoms with Gasteiger partial charge in [-0.25, -0.2) is 0 Å². The highest BCUT2D eigenvalue weighted by Crippen LogP contribution is 2.29. The molecule has 100 valence electrons. The van der Waals surface area contributed by atoms with Crippen molar-refractivity contribution >= 4 is 5.91 Å². The lowest BCUT2D eigenvalue weighted by Crippen LogP contribution is -2.61. The van der Waals surface area contributed by atoms with Gasteiger partial charge in [0.25, 0.3) is 0 Å². The zero-order valence-electron chi connectivity index (χ0n) is 10.4. The molecule has 1 amide bonds. The standard InChI is InChI=1S/C11H21NO5/c1-6(14)12-9-8(16-2)4-7(5-13)11(17-3)10(9)15/h7-11,13,15H,4-5H2,1-3H3,(H,12,14)/t7?,8-,9?,10-,11-/m1/s1. The molecule has 1 saturated carbocycles. The van der Waals surface area contributed by atoms with E-state index in [2.05, 4.69) is 5.32 Å². The Morgan fingerprint density at radius 3 is 2.47 bits per heavy atom. The van der Waals surface area contributed by atoms with Crippen molar-refractivity contribution in [2.45, 2.75) is 37.7 Å². The van der Waals surface area contributed by atoms with E-state index >= 15 is 0 Å². The van der Waals surface area contributed by atoms with Crippen LogP contribution in [-0.2, 0) is 14.3 Å². The molecular formula is C11H21NO5. The van der Waals surface area contributed by atoms with Gasteiger partial charge in [0.2, 0.25) is 5.91 Å². The topological polar surface area (TPSA) is 88.0 Å². The number of rotatable bonds is 4. The van der Waals surface area contributed by atoms with Gasteiger partial charge in [0.15, 0.2) is 0 Å². The molecule has 0 bridgehead atoms. The minimum absolute atomic E-state index is 0.0811. The number of nitrogens with one attached hydrogen (secondary N) is 1. The van der Waals surface area contributed by atoms with Crippen LogP contribution in [0.1, 0.15) is 13.3 Å². The van der Waals surface area contributed by atoms with Crippen molar-refractivity contribution in [1.82, 2.24) is 5.32 Å². The van der Waals surface area contributed by atoms with Crippen LogP contribution in [0.4, 0.5) is 0 Å². The summed E-state index contributed by atoms with van der Waals surface area (Å²) in [7, 11) is 3.00. The van der Waals surface area contributed by atoms with E-state index in [1.165, 1.54) is 21.1 Å². The Bertz CT molecular complexity index is 260. The summed E-state index contributed by atoms with van der Waals surface area (Å²) in [5, 5.41) is 22.1. The van der Waals surface area contributed by atoms with Crippen molar-refractivity contribution in [3.05, 3.63) is 0 Å². The highest BCUT2D eigenvalue weighted by atomic mass is 16.5. The molecule has 0 heterocycles. The second-order valence-corrected chi connectivity index (χ2v) is 4.37. The Balaban J connectivity index is 2.83. The summed E-state index contributed by atoms with van der Waals surface area (Å²) in [6, 6.07) is -0.509. The van der Waals surface area contributed by atoms with Gasteiger partial charge in [0, 0.05) is 33.7 Å². The normalized spacial score (nSPS) is 37.8. The van der Waals surface area contributed by atoms with E-state index in [4.69, 9.17) is 9.47 Å². The fourth-order valence-corrected chi connectivity index (χ4v) is 2.45. The van der Waals surface area contributed by atoms with Gasteiger partial charge >= 0.3 is 0 Å². The lowest BCUT2D eigenvalue weighted by molar-refractivity contribution is -0.144. The van der Waals surface area contributed by atoms with Gasteiger partial charge in [-0.3, -0.25) is 4.79 Å². The number of ether oxygens (including phenoxy) is 2. The van der Waals surface area contributed by atoms with Crippen LogP contribution in [0.2, 0.25) is 0 Å². The predicted molar refractivity (Wildman–Crippen MR) is 60.4 cm³/mol. The van der Waals surface area contributed by atoms with Crippen molar-refractivity contribution in [2.75, 3.05) is 20.8 Å². The first kappa shape index (κ1) is 14.4. The van der Waals surface area contributed by atoms with Crippen molar-refractivity contribution < 1.29 is 24.5 Å². The van der Waals surface area contributed by atoms with Crippen LogP contribution in [-0.4, -0.2) is 61.3 Å². The molecule has 6 heteroatoms. The Morgan fingerprint density at radius 1 is 1.41 bits per heavy atom. The zero-order chi connectivity index (χ0) is 13.0. The predicted octanol–water partition coefficient (Wildman–Crippen LogP) is -1.11. The van der Waals surface area contributed by atoms with Gasteiger partial charge in [-0.2, -0.15) is 0 Å². The van der Waals surface area contributed by atoms with Gasteiger partial charge in [-0.1, -0.05) is 0 Å². The molecule has 6 nitrogen and oxygen atoms in total. The largest absolute Gasteiger partial charge is 0.396 e. The van der Waals surface area contributed by atoms with Crippen molar-refractivity contribution in [3.8, 4) is 0 Å². The van der Waals surface area contributed by atoms with E-state index in [-0.39, 0.29) is 24.5 Å². The van der Waals surface area contributed by atoms with Crippen LogP contribution in [0, 0.1) is 5.92 Å². The summed E-state index contributed by atoms with van der Waals surface area (Å²) in [6.45, 7) is 1.31. The number of aliphatic hydroxyl groups is 2. The Kier molecular flexibility index (Phi) is 5.32. The second kappa shape index (κ2) is 6.30. The SMILES string of the molecule is CO[C@@H]1C(CO)C[C@@H](OC)C(NC(C)=O)[C@H]1O. The van der Waals surface area contributed by atoms with E-state index in [0.717, 1.165) is 0 Å². The number of amides is 1. The maximum absolute atomic E-state index is 11.1. The molecule has 0 aromatic carbocycles. The minimum atomic E-state index is -0.889. The zero-order valence-corrected chi connectivity index (χ0v) is 10.4. The third-order valence-electron chi connectivity index (χ3n) is 3.28. The molecule has 0 aromatic rings. The van der Waals surface area contributed by atoms with Gasteiger partial charge in [0.05, 0.1) is 18.2 Å². The maximum Gasteiger partial charge on any atom is 0.217 e. The number of hydrogen-bond donors (Lipinski definition) is 3. The van der Waals surface area contributed by atoms with E-state index in [1.54, 1.807) is 0 Å². The third-order valence-corrected chi connectivity index (χ3v) is 3.28. The van der Waals surface area contributed by atoms with E-state index in [9.17, 15) is 15.0 Å². The lowest BCUT2D eigenvalue weighted by Gasteiger charge is -2.43. The van der Waals surface area contributed by atoms with Gasteiger partial charge in [-0.15, -0.1) is 0 Å². The fourth-order valence-electron chi connectivity index (χ4n) is 2.45. The van der Waals surface area contributed by atoms with Crippen LogP contribution in [0.25, 0.3) is 0 Å². The average Bonchev–Trinajstić information content (AvgIpc) is 2.30. The molecule has 17 heavy (non-hydrogen) atoms. The Labute approximate surface area is 101 Å². The van der Waals surface area contributed by atoms with Crippen LogP contribution in [0.3, 0.4) is 0 Å². The molecule has 5 atom stereocenters. The number of carbonyl (C=O) groups excluding carboxylic acids is 1. The van der Waals surface area contributed by atoms with E-state index < -0.39 is 18.2 Å². The summed E-state index contributed by atoms with van der Waals surface area (Å²) < 4.78 is 10.5. The molecule has 1 rings (SSSR count). The van der Waals surface area contributed by atoms with Crippen molar-refractivity contribution in [1.29, 1.82) is 0 Å². The third kappa shape index (κ3) is 3.16. The quantitative estimate of drug-likeness (QED) is 0.586.